The van der Waals surface area contributed by atoms with Crippen LogP contribution in [-0.2, 0) is 26.7 Å². The fraction of sp³-hybridized carbons (Fsp3) is 0.308. The zero-order chi connectivity index (χ0) is 26.6. The monoisotopic (exact) mass is 520 g/mol. The molecule has 0 aliphatic heterocycles. The summed E-state index contributed by atoms with van der Waals surface area (Å²) < 4.78 is 27.5. The summed E-state index contributed by atoms with van der Waals surface area (Å²) in [6.07, 6.45) is 0. The van der Waals surface area contributed by atoms with Crippen molar-refractivity contribution in [3.63, 3.8) is 0 Å². The van der Waals surface area contributed by atoms with Crippen molar-refractivity contribution < 1.29 is 18.4 Å². The summed E-state index contributed by atoms with van der Waals surface area (Å²) in [7, 11) is -3.39. The predicted octanol–water partition coefficient (Wildman–Crippen LogP) is 4.62. The van der Waals surface area contributed by atoms with E-state index in [4.69, 9.17) is 9.05 Å². The number of aryl methyl sites for hydroxylation is 2. The number of nitrogens with one attached hydrogen (secondary N) is 1. The third-order valence-electron chi connectivity index (χ3n) is 5.73. The molecule has 0 unspecified atom stereocenters. The second-order valence-electron chi connectivity index (χ2n) is 8.28. The van der Waals surface area contributed by atoms with Gasteiger partial charge in [0.2, 0.25) is 5.95 Å². The van der Waals surface area contributed by atoms with E-state index in [1.807, 2.05) is 36.6 Å². The average Bonchev–Trinajstić information content (AvgIpc) is 3.43. The minimum atomic E-state index is -3.39. The lowest BCUT2D eigenvalue weighted by Gasteiger charge is -2.17. The molecular formula is C26H29N6O4P. The number of aromatic nitrogens is 4. The minimum absolute atomic E-state index is 0.268. The van der Waals surface area contributed by atoms with Crippen molar-refractivity contribution in [1.29, 1.82) is 5.26 Å². The number of nitrogens with zero attached hydrogens (tertiary/aromatic N) is 5. The van der Waals surface area contributed by atoms with Crippen LogP contribution in [0.1, 0.15) is 48.1 Å². The van der Waals surface area contributed by atoms with Crippen molar-refractivity contribution in [3.8, 4) is 6.07 Å². The summed E-state index contributed by atoms with van der Waals surface area (Å²) in [5.41, 5.74) is 3.88. The summed E-state index contributed by atoms with van der Waals surface area (Å²) in [5, 5.41) is 17.1. The highest BCUT2D eigenvalue weighted by atomic mass is 31.2. The maximum atomic E-state index is 13.2. The van der Waals surface area contributed by atoms with Crippen LogP contribution in [0.2, 0.25) is 0 Å². The van der Waals surface area contributed by atoms with Gasteiger partial charge in [-0.2, -0.15) is 10.4 Å². The minimum Gasteiger partial charge on any atom is -0.305 e. The molecule has 4 aromatic rings. The molecule has 0 spiro atoms. The molecule has 0 saturated heterocycles. The first-order chi connectivity index (χ1) is 17.8. The van der Waals surface area contributed by atoms with Gasteiger partial charge in [0.05, 0.1) is 53.4 Å². The van der Waals surface area contributed by atoms with Crippen molar-refractivity contribution in [1.82, 2.24) is 19.3 Å². The number of anilines is 1. The van der Waals surface area contributed by atoms with Crippen LogP contribution in [0.4, 0.5) is 5.95 Å². The van der Waals surface area contributed by atoms with Crippen molar-refractivity contribution in [3.05, 3.63) is 71.0 Å². The van der Waals surface area contributed by atoms with Crippen LogP contribution in [0.25, 0.3) is 11.0 Å². The predicted molar refractivity (Wildman–Crippen MR) is 141 cm³/mol. The molecule has 0 bridgehead atoms. The van der Waals surface area contributed by atoms with Gasteiger partial charge in [-0.25, -0.2) is 4.98 Å². The molecule has 10 nitrogen and oxygen atoms in total. The molecule has 1 amide bonds. The first-order valence-electron chi connectivity index (χ1n) is 12.1. The van der Waals surface area contributed by atoms with Gasteiger partial charge >= 0.3 is 7.60 Å². The highest BCUT2D eigenvalue weighted by Crippen LogP contribution is 2.46. The molecule has 11 heteroatoms. The zero-order valence-electron chi connectivity index (χ0n) is 21.3. The smallest absolute Gasteiger partial charge is 0.305 e. The van der Waals surface area contributed by atoms with E-state index in [0.717, 1.165) is 16.8 Å². The van der Waals surface area contributed by atoms with Gasteiger partial charge in [-0.05, 0) is 69.7 Å². The zero-order valence-corrected chi connectivity index (χ0v) is 22.2. The topological polar surface area (TPSA) is 124 Å². The van der Waals surface area contributed by atoms with Gasteiger partial charge < -0.3 is 13.6 Å². The summed E-state index contributed by atoms with van der Waals surface area (Å²) in [6, 6.07) is 16.2. The lowest BCUT2D eigenvalue weighted by molar-refractivity contribution is 0.101. The largest absolute Gasteiger partial charge is 0.361 e. The van der Waals surface area contributed by atoms with E-state index in [2.05, 4.69) is 21.5 Å². The Morgan fingerprint density at radius 1 is 1.08 bits per heavy atom. The lowest BCUT2D eigenvalue weighted by Crippen LogP contribution is -2.20. The summed E-state index contributed by atoms with van der Waals surface area (Å²) in [5.74, 6) is 0.0132. The van der Waals surface area contributed by atoms with Gasteiger partial charge in [0.25, 0.3) is 5.91 Å². The molecular weight excluding hydrogens is 491 g/mol. The maximum Gasteiger partial charge on any atom is 0.361 e. The van der Waals surface area contributed by atoms with Crippen molar-refractivity contribution in [2.45, 2.75) is 40.8 Å². The number of hydrogen-bond donors (Lipinski definition) is 1. The van der Waals surface area contributed by atoms with Gasteiger partial charge in [0.1, 0.15) is 5.69 Å². The highest BCUT2D eigenvalue weighted by Gasteiger charge is 2.26. The number of carbonyl (C=O) groups excluding carboxylic acids is 1. The molecule has 0 fully saturated rings. The molecule has 37 heavy (non-hydrogen) atoms. The van der Waals surface area contributed by atoms with E-state index in [-0.39, 0.29) is 19.1 Å². The third kappa shape index (κ3) is 5.49. The molecule has 2 aromatic heterocycles. The molecule has 2 aromatic carbocycles. The molecule has 192 valence electrons. The van der Waals surface area contributed by atoms with Gasteiger partial charge in [0.15, 0.2) is 0 Å². The summed E-state index contributed by atoms with van der Waals surface area (Å²) >= 11 is 0. The Morgan fingerprint density at radius 2 is 1.78 bits per heavy atom. The Bertz CT molecular complexity index is 1510. The molecule has 0 aliphatic rings. The molecule has 0 aliphatic carbocycles. The van der Waals surface area contributed by atoms with Crippen LogP contribution in [-0.4, -0.2) is 38.5 Å². The van der Waals surface area contributed by atoms with Gasteiger partial charge in [0, 0.05) is 6.54 Å². The molecule has 0 atom stereocenters. The number of carbonyl (C=O) groups is 1. The number of hydrogen-bond acceptors (Lipinski definition) is 7. The fourth-order valence-corrected chi connectivity index (χ4v) is 5.65. The third-order valence-corrected chi connectivity index (χ3v) is 7.86. The highest BCUT2D eigenvalue weighted by molar-refractivity contribution is 7.62. The fourth-order valence-electron chi connectivity index (χ4n) is 4.08. The maximum absolute atomic E-state index is 13.2. The average molecular weight is 521 g/mol. The first kappa shape index (κ1) is 26.3. The second-order valence-corrected chi connectivity index (χ2v) is 10.3. The second kappa shape index (κ2) is 11.1. The van der Waals surface area contributed by atoms with Gasteiger partial charge in [-0.15, -0.1) is 0 Å². The normalized spacial score (nSPS) is 11.5. The Balaban J connectivity index is 1.70. The summed E-state index contributed by atoms with van der Waals surface area (Å²) in [4.78, 5) is 17.8. The molecule has 1 N–H and O–H groups in total. The van der Waals surface area contributed by atoms with Crippen LogP contribution >= 0.6 is 7.60 Å². The SMILES string of the molecule is CCOP(=O)(OCC)c1ccc(Cn2c(NC(=O)c3cc(C)nn3CC)nc3cc(C#N)ccc32)cc1. The standard InChI is InChI=1S/C26H29N6O4P/c1-5-32-24(14-18(4)30-32)25(33)29-26-28-22-15-20(16-27)10-13-23(22)31(26)17-19-8-11-21(12-9-19)37(34,35-6-2)36-7-3/h8-15H,5-7,17H2,1-4H3,(H,28,29,33). The van der Waals surface area contributed by atoms with Crippen molar-refractivity contribution in [2.24, 2.45) is 0 Å². The molecule has 2 heterocycles. The molecule has 0 saturated carbocycles. The van der Waals surface area contributed by atoms with Gasteiger partial charge in [-0.3, -0.25) is 19.4 Å². The van der Waals surface area contributed by atoms with Crippen molar-refractivity contribution in [2.75, 3.05) is 18.5 Å². The lowest BCUT2D eigenvalue weighted by atomic mass is 10.2. The number of fused-ring (bicyclic) bond motifs is 1. The van der Waals surface area contributed by atoms with Crippen LogP contribution in [0.3, 0.4) is 0 Å². The number of amides is 1. The Kier molecular flexibility index (Phi) is 7.89. The van der Waals surface area contributed by atoms with Crippen LogP contribution < -0.4 is 10.6 Å². The first-order valence-corrected chi connectivity index (χ1v) is 13.6. The molecule has 4 rings (SSSR count). The van der Waals surface area contributed by atoms with E-state index in [0.29, 0.717) is 41.1 Å². The number of rotatable bonds is 10. The van der Waals surface area contributed by atoms with Crippen molar-refractivity contribution >= 4 is 35.8 Å². The van der Waals surface area contributed by atoms with E-state index in [9.17, 15) is 14.6 Å². The number of nitriles is 1. The number of benzene rings is 2. The Hall–Kier alpha value is -3.77. The summed E-state index contributed by atoms with van der Waals surface area (Å²) in [6.45, 7) is 8.76. The Morgan fingerprint density at radius 3 is 2.41 bits per heavy atom. The van der Waals surface area contributed by atoms with E-state index in [1.54, 1.807) is 48.9 Å². The van der Waals surface area contributed by atoms with E-state index < -0.39 is 7.60 Å². The molecule has 0 radical (unpaired) electrons. The van der Waals surface area contributed by atoms with Crippen LogP contribution in [0, 0.1) is 18.3 Å². The van der Waals surface area contributed by atoms with Crippen LogP contribution in [0.15, 0.2) is 48.5 Å². The number of imidazole rings is 1. The Labute approximate surface area is 215 Å². The quantitative estimate of drug-likeness (QED) is 0.303. The van der Waals surface area contributed by atoms with E-state index >= 15 is 0 Å². The van der Waals surface area contributed by atoms with Crippen LogP contribution in [0.5, 0.6) is 0 Å². The van der Waals surface area contributed by atoms with E-state index in [1.165, 1.54) is 0 Å². The van der Waals surface area contributed by atoms with Gasteiger partial charge in [-0.1, -0.05) is 12.1 Å².